The first-order valence-corrected chi connectivity index (χ1v) is 7.54. The number of fused-ring (bicyclic) bond motifs is 1. The summed E-state index contributed by atoms with van der Waals surface area (Å²) in [5.41, 5.74) is 0.757. The first kappa shape index (κ1) is 14.1. The molecular weight excluding hydrogens is 266 g/mol. The van der Waals surface area contributed by atoms with Gasteiger partial charge in [0.1, 0.15) is 5.82 Å². The summed E-state index contributed by atoms with van der Waals surface area (Å²) < 4.78 is 0. The molecule has 1 fully saturated rings. The van der Waals surface area contributed by atoms with Crippen molar-refractivity contribution in [3.8, 4) is 0 Å². The van der Waals surface area contributed by atoms with Gasteiger partial charge in [0, 0.05) is 26.2 Å². The molecule has 1 aliphatic heterocycles. The first-order chi connectivity index (χ1) is 10.2. The Kier molecular flexibility index (Phi) is 3.92. The highest BCUT2D eigenvalue weighted by molar-refractivity contribution is 5.86. The maximum absolute atomic E-state index is 4.50. The molecule has 21 heavy (non-hydrogen) atoms. The summed E-state index contributed by atoms with van der Waals surface area (Å²) in [5.74, 6) is 2.12. The molecule has 3 N–H and O–H groups in total. The zero-order valence-corrected chi connectivity index (χ0v) is 12.8. The predicted octanol–water partition coefficient (Wildman–Crippen LogP) is 1.54. The highest BCUT2D eigenvalue weighted by Gasteiger charge is 2.24. The second-order valence-corrected chi connectivity index (χ2v) is 5.90. The van der Waals surface area contributed by atoms with E-state index >= 15 is 0 Å². The van der Waals surface area contributed by atoms with Crippen LogP contribution in [0.2, 0.25) is 0 Å². The Labute approximate surface area is 124 Å². The maximum Gasteiger partial charge on any atom is 0.226 e. The minimum absolute atomic E-state index is 0.601. The molecule has 0 radical (unpaired) electrons. The van der Waals surface area contributed by atoms with Gasteiger partial charge in [-0.3, -0.25) is 5.10 Å². The SMILES string of the molecule is CNc1nc(NCC2CCN(C(C)C)C2)c2cn[nH]c2n1. The molecule has 3 rings (SSSR count). The van der Waals surface area contributed by atoms with E-state index in [2.05, 4.69) is 49.5 Å². The van der Waals surface area contributed by atoms with E-state index in [1.54, 1.807) is 6.20 Å². The van der Waals surface area contributed by atoms with Crippen molar-refractivity contribution in [1.29, 1.82) is 0 Å². The Bertz CT molecular complexity index is 606. The van der Waals surface area contributed by atoms with Gasteiger partial charge in [-0.2, -0.15) is 15.1 Å². The van der Waals surface area contributed by atoms with Crippen LogP contribution in [0.25, 0.3) is 11.0 Å². The lowest BCUT2D eigenvalue weighted by atomic mass is 10.1. The van der Waals surface area contributed by atoms with Crippen LogP contribution in [0.3, 0.4) is 0 Å². The number of rotatable bonds is 5. The number of hydrogen-bond acceptors (Lipinski definition) is 6. The van der Waals surface area contributed by atoms with Crippen LogP contribution >= 0.6 is 0 Å². The predicted molar refractivity (Wildman–Crippen MR) is 84.5 cm³/mol. The summed E-state index contributed by atoms with van der Waals surface area (Å²) in [6.45, 7) is 7.80. The molecule has 0 aliphatic carbocycles. The van der Waals surface area contributed by atoms with Crippen LogP contribution < -0.4 is 10.6 Å². The van der Waals surface area contributed by atoms with Crippen molar-refractivity contribution in [2.24, 2.45) is 5.92 Å². The molecular formula is C14H23N7. The molecule has 7 nitrogen and oxygen atoms in total. The summed E-state index contributed by atoms with van der Waals surface area (Å²) in [5, 5.41) is 14.3. The Balaban J connectivity index is 1.69. The molecule has 1 aliphatic rings. The highest BCUT2D eigenvalue weighted by atomic mass is 15.2. The monoisotopic (exact) mass is 289 g/mol. The van der Waals surface area contributed by atoms with E-state index in [0.717, 1.165) is 29.9 Å². The third-order valence-electron chi connectivity index (χ3n) is 4.14. The van der Waals surface area contributed by atoms with Gasteiger partial charge in [-0.05, 0) is 32.7 Å². The van der Waals surface area contributed by atoms with Gasteiger partial charge in [0.05, 0.1) is 11.6 Å². The lowest BCUT2D eigenvalue weighted by Crippen LogP contribution is -2.29. The molecule has 1 unspecified atom stereocenters. The molecule has 7 heteroatoms. The highest BCUT2D eigenvalue weighted by Crippen LogP contribution is 2.22. The average Bonchev–Trinajstić information content (AvgIpc) is 3.13. The molecule has 114 valence electrons. The van der Waals surface area contributed by atoms with Crippen molar-refractivity contribution in [3.05, 3.63) is 6.20 Å². The number of hydrogen-bond donors (Lipinski definition) is 3. The number of nitrogens with zero attached hydrogens (tertiary/aromatic N) is 4. The Morgan fingerprint density at radius 1 is 1.43 bits per heavy atom. The van der Waals surface area contributed by atoms with E-state index in [-0.39, 0.29) is 0 Å². The number of aromatic amines is 1. The lowest BCUT2D eigenvalue weighted by molar-refractivity contribution is 0.266. The Morgan fingerprint density at radius 2 is 2.29 bits per heavy atom. The summed E-state index contributed by atoms with van der Waals surface area (Å²) >= 11 is 0. The smallest absolute Gasteiger partial charge is 0.226 e. The van der Waals surface area contributed by atoms with E-state index < -0.39 is 0 Å². The molecule has 0 aromatic carbocycles. The van der Waals surface area contributed by atoms with E-state index in [9.17, 15) is 0 Å². The van der Waals surface area contributed by atoms with Crippen LogP contribution in [-0.2, 0) is 0 Å². The zero-order chi connectivity index (χ0) is 14.8. The van der Waals surface area contributed by atoms with Crippen molar-refractivity contribution in [3.63, 3.8) is 0 Å². The van der Waals surface area contributed by atoms with Crippen LogP contribution in [-0.4, -0.2) is 57.8 Å². The summed E-state index contributed by atoms with van der Waals surface area (Å²) in [6, 6.07) is 0.630. The molecule has 0 spiro atoms. The number of likely N-dealkylation sites (tertiary alicyclic amines) is 1. The van der Waals surface area contributed by atoms with Crippen LogP contribution in [0.5, 0.6) is 0 Å². The van der Waals surface area contributed by atoms with E-state index in [1.165, 1.54) is 13.0 Å². The molecule has 2 aromatic heterocycles. The molecule has 1 atom stereocenters. The van der Waals surface area contributed by atoms with Crippen LogP contribution in [0, 0.1) is 5.92 Å². The molecule has 3 heterocycles. The normalized spacial score (nSPS) is 19.5. The van der Waals surface area contributed by atoms with Gasteiger partial charge < -0.3 is 15.5 Å². The quantitative estimate of drug-likeness (QED) is 0.774. The summed E-state index contributed by atoms with van der Waals surface area (Å²) in [6.07, 6.45) is 3.01. The third-order valence-corrected chi connectivity index (χ3v) is 4.14. The fraction of sp³-hybridized carbons (Fsp3) is 0.643. The van der Waals surface area contributed by atoms with Gasteiger partial charge in [0.25, 0.3) is 0 Å². The zero-order valence-electron chi connectivity index (χ0n) is 12.8. The van der Waals surface area contributed by atoms with Crippen molar-refractivity contribution in [1.82, 2.24) is 25.1 Å². The molecule has 2 aromatic rings. The van der Waals surface area contributed by atoms with E-state index in [1.807, 2.05) is 7.05 Å². The van der Waals surface area contributed by atoms with Gasteiger partial charge >= 0.3 is 0 Å². The number of aromatic nitrogens is 4. The van der Waals surface area contributed by atoms with E-state index in [0.29, 0.717) is 17.9 Å². The Morgan fingerprint density at radius 3 is 3.00 bits per heavy atom. The largest absolute Gasteiger partial charge is 0.369 e. The first-order valence-electron chi connectivity index (χ1n) is 7.54. The van der Waals surface area contributed by atoms with E-state index in [4.69, 9.17) is 0 Å². The second kappa shape index (κ2) is 5.85. The van der Waals surface area contributed by atoms with Gasteiger partial charge in [0.2, 0.25) is 5.95 Å². The third kappa shape index (κ3) is 2.92. The maximum atomic E-state index is 4.50. The van der Waals surface area contributed by atoms with Crippen LogP contribution in [0.15, 0.2) is 6.20 Å². The van der Waals surface area contributed by atoms with Gasteiger partial charge in [-0.15, -0.1) is 0 Å². The summed E-state index contributed by atoms with van der Waals surface area (Å²) in [4.78, 5) is 11.4. The molecule has 0 amide bonds. The lowest BCUT2D eigenvalue weighted by Gasteiger charge is -2.20. The number of anilines is 2. The minimum Gasteiger partial charge on any atom is -0.369 e. The van der Waals surface area contributed by atoms with Gasteiger partial charge in [0.15, 0.2) is 5.65 Å². The number of nitrogens with one attached hydrogen (secondary N) is 3. The van der Waals surface area contributed by atoms with Crippen LogP contribution in [0.1, 0.15) is 20.3 Å². The molecule has 0 bridgehead atoms. The van der Waals surface area contributed by atoms with Crippen molar-refractivity contribution in [2.75, 3.05) is 37.3 Å². The standard InChI is InChI=1S/C14H23N7/c1-9(2)21-5-4-10(8-21)6-16-12-11-7-17-20-13(11)19-14(15-3)18-12/h7,9-10H,4-6,8H2,1-3H3,(H3,15,16,17,18,19,20). The summed E-state index contributed by atoms with van der Waals surface area (Å²) in [7, 11) is 1.82. The molecule has 0 saturated carbocycles. The van der Waals surface area contributed by atoms with Crippen molar-refractivity contribution >= 4 is 22.8 Å². The van der Waals surface area contributed by atoms with Crippen molar-refractivity contribution < 1.29 is 0 Å². The second-order valence-electron chi connectivity index (χ2n) is 5.90. The van der Waals surface area contributed by atoms with Gasteiger partial charge in [-0.25, -0.2) is 0 Å². The number of H-pyrrole nitrogens is 1. The Hall–Kier alpha value is -1.89. The average molecular weight is 289 g/mol. The minimum atomic E-state index is 0.601. The van der Waals surface area contributed by atoms with Crippen molar-refractivity contribution in [2.45, 2.75) is 26.3 Å². The topological polar surface area (TPSA) is 81.8 Å². The fourth-order valence-electron chi connectivity index (χ4n) is 2.82. The van der Waals surface area contributed by atoms with Gasteiger partial charge in [-0.1, -0.05) is 0 Å². The fourth-order valence-corrected chi connectivity index (χ4v) is 2.82. The van der Waals surface area contributed by atoms with Crippen LogP contribution in [0.4, 0.5) is 11.8 Å². The molecule has 1 saturated heterocycles.